The fraction of sp³-hybridized carbons (Fsp3) is 0.143. The molecule has 5 aromatic rings. The number of H-pyrrole nitrogens is 1. The molecule has 0 saturated heterocycles. The molecule has 0 saturated carbocycles. The first-order valence-corrected chi connectivity index (χ1v) is 19.5. The van der Waals surface area contributed by atoms with Crippen molar-refractivity contribution >= 4 is 70.6 Å². The van der Waals surface area contributed by atoms with Gasteiger partial charge in [-0.05, 0) is 41.9 Å². The molecule has 0 aliphatic heterocycles. The second-order valence-corrected chi connectivity index (χ2v) is 15.6. The largest absolute Gasteiger partial charge is 1.00 e. The number of ketones is 1. The number of aliphatic carboxylic acids is 1. The van der Waals surface area contributed by atoms with Gasteiger partial charge in [-0.1, -0.05) is 59.8 Å². The van der Waals surface area contributed by atoms with Gasteiger partial charge >= 0.3 is 105 Å². The minimum Gasteiger partial charge on any atom is -0.744 e. The number of pyridine rings is 1. The molecule has 0 spiro atoms. The van der Waals surface area contributed by atoms with Gasteiger partial charge in [0, 0.05) is 28.2 Å². The smallest absolute Gasteiger partial charge is 0.744 e. The zero-order valence-corrected chi connectivity index (χ0v) is 39.1. The molecule has 280 valence electrons. The molecule has 1 aromatic heterocycles. The maximum atomic E-state index is 14.1. The van der Waals surface area contributed by atoms with E-state index in [0.717, 1.165) is 17.7 Å². The number of nitrogens with one attached hydrogen (secondary N) is 2. The van der Waals surface area contributed by atoms with E-state index in [1.54, 1.807) is 24.3 Å². The summed E-state index contributed by atoms with van der Waals surface area (Å²) >= 11 is 0. The van der Waals surface area contributed by atoms with Crippen LogP contribution in [-0.4, -0.2) is 62.5 Å². The van der Waals surface area contributed by atoms with Crippen molar-refractivity contribution < 1.29 is 147 Å². The number of carboxylic acids is 1. The molecule has 0 fully saturated rings. The zero-order chi connectivity index (χ0) is 39.5. The molecule has 2 N–H and O–H groups in total. The molecular weight excluding hydrogens is 838 g/mol. The number of carbonyl (C=O) groups excluding carboxylic acids is 3. The number of aryl methyl sites for hydroxylation is 1. The Hall–Kier alpha value is -3.02. The summed E-state index contributed by atoms with van der Waals surface area (Å²) in [6.45, 7) is 1.67. The molecule has 1 aliphatic carbocycles. The van der Waals surface area contributed by atoms with Crippen LogP contribution in [-0.2, 0) is 46.7 Å². The summed E-state index contributed by atoms with van der Waals surface area (Å²) in [6, 6.07) is 20.3. The summed E-state index contributed by atoms with van der Waals surface area (Å²) in [4.78, 5) is 53.3. The van der Waals surface area contributed by atoms with E-state index < -0.39 is 82.0 Å². The Morgan fingerprint density at radius 1 is 0.895 bits per heavy atom. The number of benzene rings is 4. The number of hydrogen-bond donors (Lipinski definition) is 2. The summed E-state index contributed by atoms with van der Waals surface area (Å²) < 4.78 is 94.6. The van der Waals surface area contributed by atoms with E-state index in [0.29, 0.717) is 5.56 Å². The van der Waals surface area contributed by atoms with Gasteiger partial charge in [0.05, 0.1) is 21.7 Å². The molecule has 6 rings (SSSR count). The number of ether oxygens (including phenoxy) is 1. The third-order valence-corrected chi connectivity index (χ3v) is 10.7. The number of aromatic nitrogens is 1. The van der Waals surface area contributed by atoms with Gasteiger partial charge in [-0.15, -0.1) is 18.7 Å². The van der Waals surface area contributed by atoms with Gasteiger partial charge in [-0.2, -0.15) is 18.2 Å². The van der Waals surface area contributed by atoms with Crippen LogP contribution in [0.3, 0.4) is 0 Å². The van der Waals surface area contributed by atoms with E-state index in [4.69, 9.17) is 17.4 Å². The summed E-state index contributed by atoms with van der Waals surface area (Å²) in [5.74, 6) is -3.66. The molecule has 0 unspecified atom stereocenters. The van der Waals surface area contributed by atoms with E-state index in [9.17, 15) is 45.7 Å². The first kappa shape index (κ1) is 50.1. The fourth-order valence-corrected chi connectivity index (χ4v) is 7.76. The Bertz CT molecular complexity index is 2770. The number of carbonyl (C=O) groups is 3. The molecule has 0 radical (unpaired) electrons. The Balaban J connectivity index is 0.00000153. The molecule has 1 aliphatic rings. The average Bonchev–Trinajstić information content (AvgIpc) is 3.09. The molecular formula is C35H25N2Na3O14S3. The van der Waals surface area contributed by atoms with Crippen LogP contribution in [0.4, 0.5) is 11.4 Å². The van der Waals surface area contributed by atoms with Crippen molar-refractivity contribution in [1.29, 1.82) is 0 Å². The summed E-state index contributed by atoms with van der Waals surface area (Å²) in [7, 11) is -12.5. The van der Waals surface area contributed by atoms with E-state index in [2.05, 4.69) is 16.4 Å². The molecule has 4 aromatic carbocycles. The first-order chi connectivity index (χ1) is 25.4. The number of rotatable bonds is 11. The Morgan fingerprint density at radius 3 is 2.11 bits per heavy atom. The molecule has 0 bridgehead atoms. The maximum absolute atomic E-state index is 14.1. The van der Waals surface area contributed by atoms with Crippen molar-refractivity contribution in [2.45, 2.75) is 36.2 Å². The number of sulfone groups is 1. The number of aromatic amines is 1. The van der Waals surface area contributed by atoms with E-state index in [1.165, 1.54) is 24.3 Å². The van der Waals surface area contributed by atoms with Crippen LogP contribution in [0.25, 0.3) is 22.0 Å². The Morgan fingerprint density at radius 2 is 1.51 bits per heavy atom. The van der Waals surface area contributed by atoms with Crippen molar-refractivity contribution in [3.05, 3.63) is 117 Å². The van der Waals surface area contributed by atoms with Gasteiger partial charge in [0.25, 0.3) is 5.56 Å². The summed E-state index contributed by atoms with van der Waals surface area (Å²) in [6.07, 6.45) is -0.693. The predicted octanol–water partition coefficient (Wildman–Crippen LogP) is -6.84. The Kier molecular flexibility index (Phi) is 18.3. The van der Waals surface area contributed by atoms with Crippen molar-refractivity contribution in [3.63, 3.8) is 0 Å². The number of esters is 1. The summed E-state index contributed by atoms with van der Waals surface area (Å²) in [5, 5.41) is 13.4. The third kappa shape index (κ3) is 11.8. The SMILES string of the molecule is Cc1ccc(COC(=O)c2c3c4c(c(Nc5[c-]ccc(S(=O)(=O)CCCC(=O)[O-])c5)cc(S(=O)(=O)[O-])c4[nH]c2=O)C(=O)c2ccccc2-3)cc1.O=S(=O)=O.[Na+].[Na+].[Na+]. The maximum Gasteiger partial charge on any atom is 1.00 e. The molecule has 1 heterocycles. The van der Waals surface area contributed by atoms with Gasteiger partial charge in [-0.3, -0.25) is 9.59 Å². The van der Waals surface area contributed by atoms with Crippen LogP contribution in [0.1, 0.15) is 50.2 Å². The van der Waals surface area contributed by atoms with Crippen molar-refractivity contribution in [1.82, 2.24) is 4.98 Å². The number of hydrogen-bond acceptors (Lipinski definition) is 15. The number of fused-ring (bicyclic) bond motifs is 2. The van der Waals surface area contributed by atoms with Gasteiger partial charge in [0.1, 0.15) is 22.3 Å². The standard InChI is InChI=1S/C35H27N2O11S2.3Na.O3S/c1-19-11-13-20(14-12-19)18-48-35(42)31-28-23-8-2-3-9-24(23)33(40)29-25(17-26(50(45,46)47)32(30(28)29)37-34(31)41)36-21-6-4-7-22(16-21)49(43,44)15-5-10-27(38)39;;;;1-4(2)3/h2-4,7-9,11-14,16-17,36H,5,10,15,18H2,1H3,(H,37,41)(H,38,39)(H,45,46,47);;;;/q-1;3*+1;/p-2. The second-order valence-electron chi connectivity index (χ2n) is 11.7. The zero-order valence-electron chi connectivity index (χ0n) is 30.7. The van der Waals surface area contributed by atoms with Gasteiger partial charge in [0.15, 0.2) is 15.6 Å². The van der Waals surface area contributed by atoms with Crippen LogP contribution >= 0.6 is 0 Å². The van der Waals surface area contributed by atoms with Crippen LogP contribution in [0.5, 0.6) is 0 Å². The third-order valence-electron chi connectivity index (χ3n) is 8.08. The number of anilines is 2. The predicted molar refractivity (Wildman–Crippen MR) is 186 cm³/mol. The van der Waals surface area contributed by atoms with Crippen LogP contribution < -0.4 is 105 Å². The van der Waals surface area contributed by atoms with Gasteiger partial charge in [0.2, 0.25) is 0 Å². The van der Waals surface area contributed by atoms with Crippen LogP contribution in [0, 0.1) is 13.0 Å². The quantitative estimate of drug-likeness (QED) is 0.0531. The minimum atomic E-state index is -5.35. The van der Waals surface area contributed by atoms with Crippen molar-refractivity contribution in [2.75, 3.05) is 11.1 Å². The van der Waals surface area contributed by atoms with Crippen molar-refractivity contribution in [3.8, 4) is 11.1 Å². The molecule has 22 heteroatoms. The van der Waals surface area contributed by atoms with Crippen LogP contribution in [0.2, 0.25) is 0 Å². The topological polar surface area (TPSA) is 271 Å². The van der Waals surface area contributed by atoms with E-state index in [1.807, 2.05) is 19.1 Å². The normalized spacial score (nSPS) is 11.3. The fourth-order valence-electron chi connectivity index (χ4n) is 5.76. The van der Waals surface area contributed by atoms with Crippen molar-refractivity contribution in [2.24, 2.45) is 0 Å². The molecule has 57 heavy (non-hydrogen) atoms. The average molecular weight is 863 g/mol. The summed E-state index contributed by atoms with van der Waals surface area (Å²) in [5.41, 5.74) is -1.03. The second kappa shape index (κ2) is 20.8. The van der Waals surface area contributed by atoms with E-state index >= 15 is 0 Å². The molecule has 0 amide bonds. The van der Waals surface area contributed by atoms with Gasteiger partial charge in [-0.25, -0.2) is 21.6 Å². The monoisotopic (exact) mass is 862 g/mol. The van der Waals surface area contributed by atoms with Crippen LogP contribution in [0.15, 0.2) is 87.4 Å². The number of carboxylic acid groups (broad SMARTS) is 1. The Labute approximate surface area is 393 Å². The van der Waals surface area contributed by atoms with Gasteiger partial charge < -0.3 is 29.5 Å². The van der Waals surface area contributed by atoms with E-state index in [-0.39, 0.29) is 146 Å². The molecule has 16 nitrogen and oxygen atoms in total. The minimum absolute atomic E-state index is 0. The first-order valence-electron chi connectivity index (χ1n) is 15.5. The molecule has 0 atom stereocenters.